The van der Waals surface area contributed by atoms with Gasteiger partial charge in [-0.2, -0.15) is 5.26 Å². The van der Waals surface area contributed by atoms with Crippen LogP contribution >= 0.6 is 0 Å². The Morgan fingerprint density at radius 1 is 1.47 bits per heavy atom. The molecule has 1 nitrogen and oxygen atoms in total. The number of allylic oxidation sites excluding steroid dienone is 8. The molecule has 1 aliphatic carbocycles. The van der Waals surface area contributed by atoms with Crippen LogP contribution in [0.2, 0.25) is 0 Å². The van der Waals surface area contributed by atoms with E-state index in [4.69, 9.17) is 5.26 Å². The van der Waals surface area contributed by atoms with Gasteiger partial charge in [0.1, 0.15) is 0 Å². The highest BCUT2D eigenvalue weighted by atomic mass is 14.2. The van der Waals surface area contributed by atoms with Gasteiger partial charge in [-0.3, -0.25) is 0 Å². The first kappa shape index (κ1) is 11.3. The van der Waals surface area contributed by atoms with Crippen LogP contribution in [0, 0.1) is 11.3 Å². The fourth-order valence-corrected chi connectivity index (χ4v) is 1.36. The molecule has 0 fully saturated rings. The van der Waals surface area contributed by atoms with E-state index >= 15 is 0 Å². The number of hydrogen-bond donors (Lipinski definition) is 0. The highest BCUT2D eigenvalue weighted by molar-refractivity contribution is 5.42. The van der Waals surface area contributed by atoms with E-state index in [0.717, 1.165) is 24.0 Å². The second-order valence-electron chi connectivity index (χ2n) is 3.51. The molecule has 15 heavy (non-hydrogen) atoms. The molecular weight excluding hydrogens is 182 g/mol. The van der Waals surface area contributed by atoms with Gasteiger partial charge in [0, 0.05) is 0 Å². The van der Waals surface area contributed by atoms with Crippen LogP contribution in [0.4, 0.5) is 0 Å². The van der Waals surface area contributed by atoms with Gasteiger partial charge in [0.15, 0.2) is 0 Å². The average Bonchev–Trinajstić information content (AvgIpc) is 2.27. The van der Waals surface area contributed by atoms with Crippen LogP contribution in [-0.2, 0) is 0 Å². The largest absolute Gasteiger partial charge is 0.198 e. The lowest BCUT2D eigenvalue weighted by Gasteiger charge is -2.08. The molecule has 0 unspecified atom stereocenters. The zero-order chi connectivity index (χ0) is 11.1. The minimum atomic E-state index is 0.378. The van der Waals surface area contributed by atoms with Crippen molar-refractivity contribution in [3.8, 4) is 6.07 Å². The van der Waals surface area contributed by atoms with Crippen LogP contribution in [-0.4, -0.2) is 0 Å². The third kappa shape index (κ3) is 3.83. The second kappa shape index (κ2) is 5.82. The number of nitrogens with zero attached hydrogens (tertiary/aromatic N) is 1. The molecule has 1 aliphatic rings. The van der Waals surface area contributed by atoms with Crippen molar-refractivity contribution >= 4 is 0 Å². The van der Waals surface area contributed by atoms with Crippen LogP contribution in [0.1, 0.15) is 19.3 Å². The summed E-state index contributed by atoms with van der Waals surface area (Å²) in [5.41, 5.74) is 3.10. The van der Waals surface area contributed by atoms with E-state index in [0.29, 0.717) is 6.42 Å². The lowest BCUT2D eigenvalue weighted by atomic mass is 9.97. The highest BCUT2D eigenvalue weighted by Crippen LogP contribution is 2.20. The number of rotatable bonds is 4. The van der Waals surface area contributed by atoms with Crippen LogP contribution in [0.15, 0.2) is 60.3 Å². The maximum Gasteiger partial charge on any atom is 0.0669 e. The quantitative estimate of drug-likeness (QED) is 0.628. The van der Waals surface area contributed by atoms with E-state index in [9.17, 15) is 0 Å². The number of nitriles is 1. The molecule has 0 atom stereocenters. The topological polar surface area (TPSA) is 23.8 Å². The summed E-state index contributed by atoms with van der Waals surface area (Å²) in [7, 11) is 0. The van der Waals surface area contributed by atoms with Gasteiger partial charge >= 0.3 is 0 Å². The van der Waals surface area contributed by atoms with Crippen molar-refractivity contribution in [1.29, 1.82) is 5.26 Å². The molecule has 0 N–H and O–H groups in total. The molecule has 0 spiro atoms. The molecule has 1 rings (SSSR count). The molecule has 0 aromatic heterocycles. The van der Waals surface area contributed by atoms with Crippen molar-refractivity contribution < 1.29 is 0 Å². The van der Waals surface area contributed by atoms with Gasteiger partial charge in [-0.1, -0.05) is 43.5 Å². The third-order valence-electron chi connectivity index (χ3n) is 2.25. The van der Waals surface area contributed by atoms with Crippen LogP contribution in [0.25, 0.3) is 0 Å². The van der Waals surface area contributed by atoms with E-state index in [1.807, 2.05) is 12.2 Å². The van der Waals surface area contributed by atoms with Crippen molar-refractivity contribution in [2.24, 2.45) is 0 Å². The summed E-state index contributed by atoms with van der Waals surface area (Å²) in [5, 5.41) is 8.46. The second-order valence-corrected chi connectivity index (χ2v) is 3.51. The molecule has 0 radical (unpaired) electrons. The van der Waals surface area contributed by atoms with E-state index in [2.05, 4.69) is 37.5 Å². The van der Waals surface area contributed by atoms with Crippen molar-refractivity contribution in [3.63, 3.8) is 0 Å². The minimum absolute atomic E-state index is 0.378. The van der Waals surface area contributed by atoms with E-state index in [1.165, 1.54) is 5.57 Å². The first-order valence-corrected chi connectivity index (χ1v) is 5.02. The van der Waals surface area contributed by atoms with Gasteiger partial charge in [0.2, 0.25) is 0 Å². The van der Waals surface area contributed by atoms with Crippen molar-refractivity contribution in [3.05, 3.63) is 60.3 Å². The van der Waals surface area contributed by atoms with E-state index in [-0.39, 0.29) is 0 Å². The Kier molecular flexibility index (Phi) is 4.37. The summed E-state index contributed by atoms with van der Waals surface area (Å²) >= 11 is 0. The van der Waals surface area contributed by atoms with Crippen molar-refractivity contribution in [1.82, 2.24) is 0 Å². The SMILES string of the molecule is C=C(/C=C\C(=C)C1=CC=CCC1)CC#N. The standard InChI is InChI=1S/C14H15N/c1-12(10-11-15)8-9-13(2)14-6-4-3-5-7-14/h3-4,6,8-9H,1-2,5,7,10H2/b9-8-. The zero-order valence-electron chi connectivity index (χ0n) is 8.87. The summed E-state index contributed by atoms with van der Waals surface area (Å²) in [6.45, 7) is 7.78. The Bertz CT molecular complexity index is 386. The normalized spacial score (nSPS) is 14.7. The smallest absolute Gasteiger partial charge is 0.0669 e. The fraction of sp³-hybridized carbons (Fsp3) is 0.214. The van der Waals surface area contributed by atoms with Crippen LogP contribution in [0.3, 0.4) is 0 Å². The van der Waals surface area contributed by atoms with Gasteiger partial charge in [-0.05, 0) is 29.6 Å². The van der Waals surface area contributed by atoms with Gasteiger partial charge in [-0.25, -0.2) is 0 Å². The molecule has 0 aromatic rings. The van der Waals surface area contributed by atoms with Gasteiger partial charge in [0.25, 0.3) is 0 Å². The maximum atomic E-state index is 8.46. The predicted molar refractivity (Wildman–Crippen MR) is 64.1 cm³/mol. The third-order valence-corrected chi connectivity index (χ3v) is 2.25. The van der Waals surface area contributed by atoms with Gasteiger partial charge in [0.05, 0.1) is 12.5 Å². The molecular formula is C14H15N. The van der Waals surface area contributed by atoms with E-state index < -0.39 is 0 Å². The fourth-order valence-electron chi connectivity index (χ4n) is 1.36. The monoisotopic (exact) mass is 197 g/mol. The minimum Gasteiger partial charge on any atom is -0.198 e. The highest BCUT2D eigenvalue weighted by Gasteiger charge is 2.00. The molecule has 0 amide bonds. The number of hydrogen-bond acceptors (Lipinski definition) is 1. The molecule has 0 heterocycles. The summed E-state index contributed by atoms with van der Waals surface area (Å²) in [4.78, 5) is 0. The molecule has 1 heteroatoms. The Balaban J connectivity index is 2.56. The Morgan fingerprint density at radius 3 is 2.87 bits per heavy atom. The Labute approximate surface area is 91.4 Å². The Hall–Kier alpha value is -1.81. The molecule has 76 valence electrons. The van der Waals surface area contributed by atoms with Crippen LogP contribution in [0.5, 0.6) is 0 Å². The first-order valence-electron chi connectivity index (χ1n) is 5.02. The lowest BCUT2D eigenvalue weighted by Crippen LogP contribution is -1.88. The molecule has 0 saturated carbocycles. The lowest BCUT2D eigenvalue weighted by molar-refractivity contribution is 0.979. The average molecular weight is 197 g/mol. The maximum absolute atomic E-state index is 8.46. The van der Waals surface area contributed by atoms with Crippen LogP contribution < -0.4 is 0 Å². The van der Waals surface area contributed by atoms with Crippen molar-refractivity contribution in [2.75, 3.05) is 0 Å². The molecule has 0 aliphatic heterocycles. The first-order chi connectivity index (χ1) is 7.24. The molecule has 0 aromatic carbocycles. The van der Waals surface area contributed by atoms with E-state index in [1.54, 1.807) is 0 Å². The molecule has 0 saturated heterocycles. The Morgan fingerprint density at radius 2 is 2.27 bits per heavy atom. The molecule has 0 bridgehead atoms. The van der Waals surface area contributed by atoms with Gasteiger partial charge < -0.3 is 0 Å². The summed E-state index contributed by atoms with van der Waals surface area (Å²) in [6.07, 6.45) is 12.6. The summed E-state index contributed by atoms with van der Waals surface area (Å²) in [5.74, 6) is 0. The summed E-state index contributed by atoms with van der Waals surface area (Å²) < 4.78 is 0. The predicted octanol–water partition coefficient (Wildman–Crippen LogP) is 3.85. The zero-order valence-corrected chi connectivity index (χ0v) is 8.87. The van der Waals surface area contributed by atoms with Crippen molar-refractivity contribution in [2.45, 2.75) is 19.3 Å². The van der Waals surface area contributed by atoms with Gasteiger partial charge in [-0.15, -0.1) is 0 Å². The summed E-state index contributed by atoms with van der Waals surface area (Å²) in [6, 6.07) is 2.06.